The lowest BCUT2D eigenvalue weighted by Gasteiger charge is -2.07. The Morgan fingerprint density at radius 3 is 2.96 bits per heavy atom. The molecular weight excluding hydrogens is 378 g/mol. The Balaban J connectivity index is 1.62. The van der Waals surface area contributed by atoms with E-state index in [-0.39, 0.29) is 18.0 Å². The van der Waals surface area contributed by atoms with Crippen molar-refractivity contribution in [2.75, 3.05) is 0 Å². The molecule has 1 amide bonds. The molecule has 4 aromatic heterocycles. The van der Waals surface area contributed by atoms with Gasteiger partial charge in [0, 0.05) is 50.3 Å². The standard InChI is InChI=1S/C18H17N7O2S/c1-25-15(18(27)21-9-10-2-4-20-13(26)6-10)12(8-19)16-17(25)23-14(28-16)7-11-3-5-22-24-11/h2-6,8,19H,7,9H2,1H3,(H,20,26)(H,21,27)(H,22,24). The van der Waals surface area contributed by atoms with Gasteiger partial charge in [-0.3, -0.25) is 14.7 Å². The Bertz CT molecular complexity index is 1220. The molecule has 0 atom stereocenters. The van der Waals surface area contributed by atoms with Crippen LogP contribution in [0.2, 0.25) is 0 Å². The first kappa shape index (κ1) is 17.9. The van der Waals surface area contributed by atoms with Crippen molar-refractivity contribution < 1.29 is 4.79 Å². The van der Waals surface area contributed by atoms with E-state index in [0.29, 0.717) is 28.9 Å². The van der Waals surface area contributed by atoms with Crippen LogP contribution in [0, 0.1) is 5.41 Å². The average molecular weight is 395 g/mol. The van der Waals surface area contributed by atoms with Gasteiger partial charge in [-0.1, -0.05) is 0 Å². The number of carbonyl (C=O) groups is 1. The number of fused-ring (bicyclic) bond motifs is 1. The van der Waals surface area contributed by atoms with Gasteiger partial charge in [0.05, 0.1) is 10.4 Å². The van der Waals surface area contributed by atoms with E-state index < -0.39 is 0 Å². The molecule has 0 aliphatic heterocycles. The van der Waals surface area contributed by atoms with Gasteiger partial charge in [0.25, 0.3) is 5.91 Å². The van der Waals surface area contributed by atoms with Crippen LogP contribution in [0.4, 0.5) is 0 Å². The molecule has 0 aliphatic carbocycles. The van der Waals surface area contributed by atoms with Crippen molar-refractivity contribution in [3.8, 4) is 0 Å². The molecule has 0 radical (unpaired) electrons. The second-order valence-electron chi connectivity index (χ2n) is 6.21. The second kappa shape index (κ2) is 7.24. The highest BCUT2D eigenvalue weighted by molar-refractivity contribution is 7.19. The molecule has 0 unspecified atom stereocenters. The number of carbonyl (C=O) groups excluding carboxylic acids is 1. The van der Waals surface area contributed by atoms with E-state index in [9.17, 15) is 9.59 Å². The van der Waals surface area contributed by atoms with Gasteiger partial charge in [0.15, 0.2) is 5.65 Å². The lowest BCUT2D eigenvalue weighted by molar-refractivity contribution is 0.0943. The van der Waals surface area contributed by atoms with Crippen LogP contribution < -0.4 is 10.9 Å². The fraction of sp³-hybridized carbons (Fsp3) is 0.167. The third kappa shape index (κ3) is 3.25. The number of pyridine rings is 1. The highest BCUT2D eigenvalue weighted by atomic mass is 32.1. The molecule has 28 heavy (non-hydrogen) atoms. The van der Waals surface area contributed by atoms with Crippen molar-refractivity contribution in [3.63, 3.8) is 0 Å². The number of aromatic nitrogens is 5. The third-order valence-electron chi connectivity index (χ3n) is 4.35. The van der Waals surface area contributed by atoms with Crippen molar-refractivity contribution in [1.82, 2.24) is 30.0 Å². The molecule has 0 aliphatic rings. The molecular formula is C18H17N7O2S. The molecule has 4 heterocycles. The summed E-state index contributed by atoms with van der Waals surface area (Å²) in [4.78, 5) is 31.3. The van der Waals surface area contributed by atoms with Crippen LogP contribution in [0.15, 0.2) is 35.4 Å². The molecule has 0 saturated heterocycles. The Kier molecular flexibility index (Phi) is 4.62. The van der Waals surface area contributed by atoms with Gasteiger partial charge in [0.2, 0.25) is 5.56 Å². The number of H-pyrrole nitrogens is 2. The van der Waals surface area contributed by atoms with E-state index in [1.54, 1.807) is 23.9 Å². The average Bonchev–Trinajstić information content (AvgIpc) is 3.38. The Morgan fingerprint density at radius 2 is 2.25 bits per heavy atom. The highest BCUT2D eigenvalue weighted by Gasteiger charge is 2.23. The van der Waals surface area contributed by atoms with Crippen LogP contribution in [0.1, 0.15) is 32.3 Å². The largest absolute Gasteiger partial charge is 0.347 e. The van der Waals surface area contributed by atoms with Crippen molar-refractivity contribution >= 4 is 33.8 Å². The Labute approximate surface area is 163 Å². The van der Waals surface area contributed by atoms with Gasteiger partial charge in [-0.25, -0.2) is 4.98 Å². The van der Waals surface area contributed by atoms with Crippen molar-refractivity contribution in [3.05, 3.63) is 68.5 Å². The predicted octanol–water partition coefficient (Wildman–Crippen LogP) is 1.56. The minimum atomic E-state index is -0.319. The van der Waals surface area contributed by atoms with E-state index >= 15 is 0 Å². The molecule has 4 rings (SSSR count). The summed E-state index contributed by atoms with van der Waals surface area (Å²) in [5.74, 6) is -0.319. The summed E-state index contributed by atoms with van der Waals surface area (Å²) < 4.78 is 2.50. The monoisotopic (exact) mass is 395 g/mol. The van der Waals surface area contributed by atoms with E-state index in [4.69, 9.17) is 5.41 Å². The van der Waals surface area contributed by atoms with Crippen LogP contribution in [0.3, 0.4) is 0 Å². The minimum absolute atomic E-state index is 0.219. The normalized spacial score (nSPS) is 11.0. The van der Waals surface area contributed by atoms with Gasteiger partial charge >= 0.3 is 0 Å². The summed E-state index contributed by atoms with van der Waals surface area (Å²) in [7, 11) is 1.76. The maximum atomic E-state index is 12.8. The quantitative estimate of drug-likeness (QED) is 0.369. The summed E-state index contributed by atoms with van der Waals surface area (Å²) in [6.07, 6.45) is 5.07. The molecule has 0 bridgehead atoms. The zero-order chi connectivity index (χ0) is 19.7. The molecule has 4 aromatic rings. The number of nitrogens with one attached hydrogen (secondary N) is 4. The number of hydrogen-bond donors (Lipinski definition) is 4. The van der Waals surface area contributed by atoms with Gasteiger partial charge < -0.3 is 20.3 Å². The SMILES string of the molecule is Cn1c(C(=O)NCc2cc[nH]c(=O)c2)c(C=N)c2sc(Cc3cc[nH]n3)nc21. The minimum Gasteiger partial charge on any atom is -0.347 e. The Morgan fingerprint density at radius 1 is 1.39 bits per heavy atom. The topological polar surface area (TPSA) is 132 Å². The zero-order valence-corrected chi connectivity index (χ0v) is 15.8. The lowest BCUT2D eigenvalue weighted by Crippen LogP contribution is -2.26. The number of aromatic amines is 2. The second-order valence-corrected chi connectivity index (χ2v) is 7.30. The summed E-state index contributed by atoms with van der Waals surface area (Å²) in [5, 5.41) is 18.4. The first-order valence-corrected chi connectivity index (χ1v) is 9.31. The van der Waals surface area contributed by atoms with E-state index in [1.807, 2.05) is 6.07 Å². The van der Waals surface area contributed by atoms with Crippen LogP contribution in [0.5, 0.6) is 0 Å². The van der Waals surface area contributed by atoms with Crippen LogP contribution in [0.25, 0.3) is 10.3 Å². The zero-order valence-electron chi connectivity index (χ0n) is 14.9. The first-order valence-electron chi connectivity index (χ1n) is 8.50. The molecule has 0 saturated carbocycles. The maximum absolute atomic E-state index is 12.8. The number of aryl methyl sites for hydroxylation is 1. The number of amides is 1. The van der Waals surface area contributed by atoms with E-state index in [2.05, 4.69) is 25.5 Å². The smallest absolute Gasteiger partial charge is 0.268 e. The molecule has 0 aromatic carbocycles. The van der Waals surface area contributed by atoms with Gasteiger partial charge in [-0.2, -0.15) is 5.10 Å². The van der Waals surface area contributed by atoms with Gasteiger partial charge in [-0.15, -0.1) is 11.3 Å². The molecule has 0 spiro atoms. The lowest BCUT2D eigenvalue weighted by atomic mass is 10.2. The number of hydrogen-bond acceptors (Lipinski definition) is 6. The molecule has 0 fully saturated rings. The number of rotatable bonds is 6. The fourth-order valence-corrected chi connectivity index (χ4v) is 4.17. The van der Waals surface area contributed by atoms with Crippen LogP contribution in [-0.4, -0.2) is 36.9 Å². The third-order valence-corrected chi connectivity index (χ3v) is 5.43. The summed E-state index contributed by atoms with van der Waals surface area (Å²) in [5.41, 5.74) is 2.93. The predicted molar refractivity (Wildman–Crippen MR) is 106 cm³/mol. The van der Waals surface area contributed by atoms with Crippen molar-refractivity contribution in [1.29, 1.82) is 5.41 Å². The van der Waals surface area contributed by atoms with Crippen molar-refractivity contribution in [2.45, 2.75) is 13.0 Å². The van der Waals surface area contributed by atoms with Gasteiger partial charge in [0.1, 0.15) is 10.7 Å². The number of thiazole rings is 1. The molecule has 9 nitrogen and oxygen atoms in total. The van der Waals surface area contributed by atoms with Gasteiger partial charge in [-0.05, 0) is 17.7 Å². The maximum Gasteiger partial charge on any atom is 0.268 e. The van der Waals surface area contributed by atoms with Crippen LogP contribution >= 0.6 is 11.3 Å². The van der Waals surface area contributed by atoms with E-state index in [0.717, 1.165) is 15.4 Å². The summed E-state index contributed by atoms with van der Waals surface area (Å²) >= 11 is 1.45. The highest BCUT2D eigenvalue weighted by Crippen LogP contribution is 2.30. The summed E-state index contributed by atoms with van der Waals surface area (Å²) in [6, 6.07) is 5.05. The molecule has 4 N–H and O–H groups in total. The fourth-order valence-electron chi connectivity index (χ4n) is 3.05. The first-order chi connectivity index (χ1) is 13.6. The number of nitrogens with zero attached hydrogens (tertiary/aromatic N) is 3. The Hall–Kier alpha value is -3.53. The molecule has 10 heteroatoms. The molecule has 142 valence electrons. The summed E-state index contributed by atoms with van der Waals surface area (Å²) in [6.45, 7) is 0.219. The van der Waals surface area contributed by atoms with E-state index in [1.165, 1.54) is 29.8 Å². The van der Waals surface area contributed by atoms with Crippen LogP contribution in [-0.2, 0) is 20.0 Å². The van der Waals surface area contributed by atoms with Crippen molar-refractivity contribution in [2.24, 2.45) is 7.05 Å².